The van der Waals surface area contributed by atoms with Crippen LogP contribution in [-0.2, 0) is 0 Å². The quantitative estimate of drug-likeness (QED) is 0.825. The lowest BCUT2D eigenvalue weighted by molar-refractivity contribution is 0.176. The molecular weight excluding hydrogens is 345 g/mol. The first-order valence-electron chi connectivity index (χ1n) is 6.31. The molecule has 0 amide bonds. The van der Waals surface area contributed by atoms with Crippen molar-refractivity contribution < 1.29 is 9.50 Å². The number of aromatic nitrogens is 2. The van der Waals surface area contributed by atoms with Gasteiger partial charge in [-0.15, -0.1) is 10.2 Å². The van der Waals surface area contributed by atoms with Crippen molar-refractivity contribution in [3.05, 3.63) is 28.5 Å². The standard InChI is InChI=1S/C13H15BrFN3OS/c1-2-3-9(19)7-16-13-18-17-12(20-13)10-6-8(14)4-5-11(10)15/h4-6,9,19H,2-3,7H2,1H3,(H,16,18). The maximum atomic E-state index is 13.7. The van der Waals surface area contributed by atoms with Crippen molar-refractivity contribution in [1.29, 1.82) is 0 Å². The molecule has 2 aromatic rings. The van der Waals surface area contributed by atoms with Crippen molar-refractivity contribution >= 4 is 32.4 Å². The number of aliphatic hydroxyl groups excluding tert-OH is 1. The Bertz CT molecular complexity index is 578. The summed E-state index contributed by atoms with van der Waals surface area (Å²) < 4.78 is 14.5. The average Bonchev–Trinajstić information content (AvgIpc) is 2.88. The number of hydrogen-bond donors (Lipinski definition) is 2. The molecule has 0 aliphatic carbocycles. The van der Waals surface area contributed by atoms with E-state index in [-0.39, 0.29) is 5.82 Å². The average molecular weight is 360 g/mol. The van der Waals surface area contributed by atoms with Crippen LogP contribution in [0.2, 0.25) is 0 Å². The van der Waals surface area contributed by atoms with Crippen LogP contribution in [0.5, 0.6) is 0 Å². The predicted molar refractivity (Wildman–Crippen MR) is 82.4 cm³/mol. The Morgan fingerprint density at radius 1 is 1.45 bits per heavy atom. The summed E-state index contributed by atoms with van der Waals surface area (Å²) in [7, 11) is 0. The molecule has 0 saturated heterocycles. The van der Waals surface area contributed by atoms with Gasteiger partial charge in [0.25, 0.3) is 0 Å². The Labute approximate surface area is 129 Å². The van der Waals surface area contributed by atoms with Crippen LogP contribution < -0.4 is 5.32 Å². The van der Waals surface area contributed by atoms with Gasteiger partial charge in [-0.2, -0.15) is 0 Å². The molecule has 0 radical (unpaired) electrons. The molecule has 1 heterocycles. The second-order valence-corrected chi connectivity index (χ2v) is 6.25. The van der Waals surface area contributed by atoms with Gasteiger partial charge in [-0.3, -0.25) is 0 Å². The predicted octanol–water partition coefficient (Wildman–Crippen LogP) is 3.68. The molecule has 0 aliphatic rings. The maximum Gasteiger partial charge on any atom is 0.206 e. The molecule has 108 valence electrons. The molecule has 0 bridgehead atoms. The normalized spacial score (nSPS) is 12.4. The first kappa shape index (κ1) is 15.3. The van der Waals surface area contributed by atoms with E-state index in [0.29, 0.717) is 22.2 Å². The van der Waals surface area contributed by atoms with Crippen LogP contribution >= 0.6 is 27.3 Å². The molecule has 7 heteroatoms. The van der Waals surface area contributed by atoms with Crippen molar-refractivity contribution in [2.24, 2.45) is 0 Å². The van der Waals surface area contributed by atoms with Crippen molar-refractivity contribution in [3.63, 3.8) is 0 Å². The van der Waals surface area contributed by atoms with Crippen LogP contribution in [0.15, 0.2) is 22.7 Å². The van der Waals surface area contributed by atoms with Crippen molar-refractivity contribution in [2.45, 2.75) is 25.9 Å². The summed E-state index contributed by atoms with van der Waals surface area (Å²) in [5.74, 6) is -0.332. The largest absolute Gasteiger partial charge is 0.391 e. The fraction of sp³-hybridized carbons (Fsp3) is 0.385. The molecule has 0 saturated carbocycles. The lowest BCUT2D eigenvalue weighted by Gasteiger charge is -2.08. The Morgan fingerprint density at radius 2 is 2.25 bits per heavy atom. The van der Waals surface area contributed by atoms with Crippen molar-refractivity contribution in [1.82, 2.24) is 10.2 Å². The summed E-state index contributed by atoms with van der Waals surface area (Å²) >= 11 is 4.57. The maximum absolute atomic E-state index is 13.7. The monoisotopic (exact) mass is 359 g/mol. The number of rotatable bonds is 6. The van der Waals surface area contributed by atoms with E-state index in [1.54, 1.807) is 12.1 Å². The molecule has 1 aromatic carbocycles. The molecular formula is C13H15BrFN3OS. The van der Waals surface area contributed by atoms with Crippen LogP contribution in [0.1, 0.15) is 19.8 Å². The zero-order valence-electron chi connectivity index (χ0n) is 10.9. The molecule has 1 aromatic heterocycles. The topological polar surface area (TPSA) is 58.0 Å². The van der Waals surface area contributed by atoms with Gasteiger partial charge in [0.15, 0.2) is 5.01 Å². The lowest BCUT2D eigenvalue weighted by atomic mass is 10.2. The minimum Gasteiger partial charge on any atom is -0.391 e. The third kappa shape index (κ3) is 3.97. The van der Waals surface area contributed by atoms with E-state index in [2.05, 4.69) is 31.4 Å². The second-order valence-electron chi connectivity index (χ2n) is 4.36. The van der Waals surface area contributed by atoms with Gasteiger partial charge in [-0.05, 0) is 24.6 Å². The van der Waals surface area contributed by atoms with Crippen LogP contribution in [-0.4, -0.2) is 28.0 Å². The van der Waals surface area contributed by atoms with E-state index in [4.69, 9.17) is 0 Å². The number of anilines is 1. The Hall–Kier alpha value is -1.05. The van der Waals surface area contributed by atoms with E-state index in [1.165, 1.54) is 17.4 Å². The summed E-state index contributed by atoms with van der Waals surface area (Å²) in [5, 5.41) is 21.7. The van der Waals surface area contributed by atoms with Gasteiger partial charge in [-0.1, -0.05) is 40.6 Å². The highest BCUT2D eigenvalue weighted by Gasteiger charge is 2.12. The SMILES string of the molecule is CCCC(O)CNc1nnc(-c2cc(Br)ccc2F)s1. The van der Waals surface area contributed by atoms with Gasteiger partial charge in [-0.25, -0.2) is 4.39 Å². The van der Waals surface area contributed by atoms with E-state index in [0.717, 1.165) is 17.3 Å². The van der Waals surface area contributed by atoms with E-state index in [9.17, 15) is 9.50 Å². The van der Waals surface area contributed by atoms with Crippen LogP contribution in [0.25, 0.3) is 10.6 Å². The molecule has 1 atom stereocenters. The highest BCUT2D eigenvalue weighted by molar-refractivity contribution is 9.10. The molecule has 1 unspecified atom stereocenters. The third-order valence-corrected chi connectivity index (χ3v) is 4.10. The Morgan fingerprint density at radius 3 is 3.00 bits per heavy atom. The van der Waals surface area contributed by atoms with E-state index < -0.39 is 6.10 Å². The summed E-state index contributed by atoms with van der Waals surface area (Å²) in [6.07, 6.45) is 1.25. The highest BCUT2D eigenvalue weighted by atomic mass is 79.9. The molecule has 4 nitrogen and oxygen atoms in total. The summed E-state index contributed by atoms with van der Waals surface area (Å²) in [6, 6.07) is 4.70. The van der Waals surface area contributed by atoms with Crippen LogP contribution in [0, 0.1) is 5.82 Å². The second kappa shape index (κ2) is 7.10. The summed E-state index contributed by atoms with van der Waals surface area (Å²) in [4.78, 5) is 0. The van der Waals surface area contributed by atoms with Gasteiger partial charge in [0.2, 0.25) is 5.13 Å². The molecule has 2 N–H and O–H groups in total. The molecule has 0 fully saturated rings. The number of nitrogens with one attached hydrogen (secondary N) is 1. The van der Waals surface area contributed by atoms with Gasteiger partial charge >= 0.3 is 0 Å². The molecule has 0 aliphatic heterocycles. The van der Waals surface area contributed by atoms with Crippen LogP contribution in [0.4, 0.5) is 9.52 Å². The van der Waals surface area contributed by atoms with Crippen molar-refractivity contribution in [2.75, 3.05) is 11.9 Å². The van der Waals surface area contributed by atoms with Gasteiger partial charge in [0.05, 0.1) is 6.10 Å². The zero-order valence-corrected chi connectivity index (χ0v) is 13.3. The third-order valence-electron chi connectivity index (χ3n) is 2.69. The number of nitrogens with zero attached hydrogens (tertiary/aromatic N) is 2. The number of aliphatic hydroxyl groups is 1. The summed E-state index contributed by atoms with van der Waals surface area (Å²) in [5.41, 5.74) is 0.416. The fourth-order valence-electron chi connectivity index (χ4n) is 1.71. The lowest BCUT2D eigenvalue weighted by Crippen LogP contribution is -2.18. The Kier molecular flexibility index (Phi) is 5.45. The van der Waals surface area contributed by atoms with Gasteiger partial charge in [0.1, 0.15) is 5.82 Å². The van der Waals surface area contributed by atoms with Crippen molar-refractivity contribution in [3.8, 4) is 10.6 Å². The van der Waals surface area contributed by atoms with Gasteiger partial charge in [0, 0.05) is 16.6 Å². The number of benzene rings is 1. The fourth-order valence-corrected chi connectivity index (χ4v) is 2.83. The smallest absolute Gasteiger partial charge is 0.206 e. The molecule has 20 heavy (non-hydrogen) atoms. The number of halogens is 2. The molecule has 2 rings (SSSR count). The van der Waals surface area contributed by atoms with E-state index >= 15 is 0 Å². The first-order chi connectivity index (χ1) is 9.60. The number of hydrogen-bond acceptors (Lipinski definition) is 5. The minimum absolute atomic E-state index is 0.332. The minimum atomic E-state index is -0.407. The Balaban J connectivity index is 2.07. The first-order valence-corrected chi connectivity index (χ1v) is 7.92. The zero-order chi connectivity index (χ0) is 14.5. The molecule has 0 spiro atoms. The highest BCUT2D eigenvalue weighted by Crippen LogP contribution is 2.30. The van der Waals surface area contributed by atoms with Gasteiger partial charge < -0.3 is 10.4 Å². The summed E-state index contributed by atoms with van der Waals surface area (Å²) in [6.45, 7) is 2.44. The van der Waals surface area contributed by atoms with Crippen LogP contribution in [0.3, 0.4) is 0 Å². The van der Waals surface area contributed by atoms with E-state index in [1.807, 2.05) is 6.92 Å².